The molecule has 0 fully saturated rings. The maximum Gasteiger partial charge on any atom is 0.127 e. The maximum absolute atomic E-state index is 11.1. The summed E-state index contributed by atoms with van der Waals surface area (Å²) < 4.78 is 1.85. The summed E-state index contributed by atoms with van der Waals surface area (Å²) in [5.41, 5.74) is 0.636. The molecule has 4 heteroatoms. The van der Waals surface area contributed by atoms with Crippen molar-refractivity contribution in [3.05, 3.63) is 90.8 Å². The number of nitrogens with zero attached hydrogens (tertiary/aromatic N) is 3. The molecule has 0 bridgehead atoms. The number of hydrogen-bond acceptors (Lipinski definition) is 3. The first-order chi connectivity index (χ1) is 10.8. The summed E-state index contributed by atoms with van der Waals surface area (Å²) in [5, 5.41) is 11.1. The summed E-state index contributed by atoms with van der Waals surface area (Å²) in [5.74, 6) is 0. The van der Waals surface area contributed by atoms with Crippen molar-refractivity contribution in [3.63, 3.8) is 0 Å². The molecule has 0 amide bonds. The average molecular weight is 291 g/mol. The molecule has 3 aromatic rings. The van der Waals surface area contributed by atoms with E-state index in [-0.39, 0.29) is 0 Å². The number of hydrogen-bond donors (Lipinski definition) is 1. The Bertz CT molecular complexity index is 724. The molecule has 1 atom stereocenters. The van der Waals surface area contributed by atoms with Crippen LogP contribution >= 0.6 is 0 Å². The molecule has 0 aliphatic heterocycles. The monoisotopic (exact) mass is 291 g/mol. The van der Waals surface area contributed by atoms with E-state index in [0.717, 1.165) is 11.1 Å². The Morgan fingerprint density at radius 3 is 2.59 bits per heavy atom. The second-order valence-electron chi connectivity index (χ2n) is 5.14. The van der Waals surface area contributed by atoms with Gasteiger partial charge in [-0.05, 0) is 17.7 Å². The predicted molar refractivity (Wildman–Crippen MR) is 85.8 cm³/mol. The van der Waals surface area contributed by atoms with Crippen molar-refractivity contribution >= 4 is 6.08 Å². The number of benzene rings is 1. The van der Waals surface area contributed by atoms with E-state index in [2.05, 4.69) is 9.97 Å². The number of pyridine rings is 1. The molecule has 0 spiro atoms. The van der Waals surface area contributed by atoms with E-state index in [0.29, 0.717) is 6.54 Å². The molecule has 0 saturated heterocycles. The molecule has 110 valence electrons. The smallest absolute Gasteiger partial charge is 0.127 e. The zero-order chi connectivity index (χ0) is 15.3. The van der Waals surface area contributed by atoms with Gasteiger partial charge in [0.05, 0.1) is 12.9 Å². The Balaban J connectivity index is 1.94. The largest absolute Gasteiger partial charge is 0.379 e. The van der Waals surface area contributed by atoms with E-state index in [1.807, 2.05) is 59.3 Å². The fourth-order valence-corrected chi connectivity index (χ4v) is 2.32. The highest BCUT2D eigenvalue weighted by Crippen LogP contribution is 2.25. The van der Waals surface area contributed by atoms with Crippen LogP contribution in [0, 0.1) is 0 Å². The minimum atomic E-state index is -1.15. The summed E-state index contributed by atoms with van der Waals surface area (Å²) >= 11 is 0. The lowest BCUT2D eigenvalue weighted by Crippen LogP contribution is -2.28. The Kier molecular flexibility index (Phi) is 4.12. The molecular weight excluding hydrogens is 274 g/mol. The first-order valence-electron chi connectivity index (χ1n) is 7.09. The van der Waals surface area contributed by atoms with Gasteiger partial charge in [0.1, 0.15) is 5.60 Å². The van der Waals surface area contributed by atoms with Crippen LogP contribution in [0.15, 0.2) is 79.7 Å². The second-order valence-corrected chi connectivity index (χ2v) is 5.14. The number of aliphatic hydroxyl groups is 1. The van der Waals surface area contributed by atoms with E-state index in [1.165, 1.54) is 0 Å². The fraction of sp³-hybridized carbons (Fsp3) is 0.111. The van der Waals surface area contributed by atoms with E-state index in [9.17, 15) is 5.11 Å². The van der Waals surface area contributed by atoms with Crippen LogP contribution in [0.4, 0.5) is 0 Å². The third kappa shape index (κ3) is 3.30. The molecule has 2 aromatic heterocycles. The van der Waals surface area contributed by atoms with Gasteiger partial charge >= 0.3 is 0 Å². The Morgan fingerprint density at radius 1 is 1.05 bits per heavy atom. The van der Waals surface area contributed by atoms with Gasteiger partial charge in [0.25, 0.3) is 0 Å². The molecule has 1 aromatic carbocycles. The van der Waals surface area contributed by atoms with Crippen LogP contribution < -0.4 is 0 Å². The Labute approximate surface area is 129 Å². The topological polar surface area (TPSA) is 50.9 Å². The van der Waals surface area contributed by atoms with Gasteiger partial charge in [-0.1, -0.05) is 42.5 Å². The second kappa shape index (κ2) is 6.37. The molecule has 4 nitrogen and oxygen atoms in total. The van der Waals surface area contributed by atoms with Crippen LogP contribution in [0.5, 0.6) is 0 Å². The molecular formula is C18H17N3O. The van der Waals surface area contributed by atoms with Crippen molar-refractivity contribution in [2.45, 2.75) is 12.1 Å². The molecule has 0 saturated carbocycles. The number of imidazole rings is 1. The first kappa shape index (κ1) is 14.2. The molecule has 0 radical (unpaired) electrons. The number of aromatic nitrogens is 3. The molecule has 1 N–H and O–H groups in total. The van der Waals surface area contributed by atoms with Crippen molar-refractivity contribution in [1.29, 1.82) is 0 Å². The maximum atomic E-state index is 11.1. The van der Waals surface area contributed by atoms with Gasteiger partial charge in [-0.3, -0.25) is 4.98 Å². The van der Waals surface area contributed by atoms with Crippen LogP contribution in [0.1, 0.15) is 11.1 Å². The Morgan fingerprint density at radius 2 is 1.91 bits per heavy atom. The molecule has 0 aliphatic carbocycles. The van der Waals surface area contributed by atoms with Crippen molar-refractivity contribution in [2.75, 3.05) is 0 Å². The van der Waals surface area contributed by atoms with Crippen molar-refractivity contribution in [2.24, 2.45) is 0 Å². The van der Waals surface area contributed by atoms with Gasteiger partial charge in [0.15, 0.2) is 0 Å². The zero-order valence-corrected chi connectivity index (χ0v) is 12.1. The summed E-state index contributed by atoms with van der Waals surface area (Å²) in [6.45, 7) is 0.377. The highest BCUT2D eigenvalue weighted by Gasteiger charge is 2.26. The fourth-order valence-electron chi connectivity index (χ4n) is 2.32. The molecule has 22 heavy (non-hydrogen) atoms. The Hall–Kier alpha value is -2.72. The van der Waals surface area contributed by atoms with Crippen LogP contribution in [0.3, 0.4) is 0 Å². The summed E-state index contributed by atoms with van der Waals surface area (Å²) in [7, 11) is 0. The zero-order valence-electron chi connectivity index (χ0n) is 12.1. The van der Waals surface area contributed by atoms with E-state index >= 15 is 0 Å². The third-order valence-corrected chi connectivity index (χ3v) is 3.50. The van der Waals surface area contributed by atoms with Gasteiger partial charge in [0, 0.05) is 30.4 Å². The normalized spacial score (nSPS) is 14.0. The summed E-state index contributed by atoms with van der Waals surface area (Å²) in [6, 6.07) is 13.6. The molecule has 1 unspecified atom stereocenters. The first-order valence-corrected chi connectivity index (χ1v) is 7.09. The number of rotatable bonds is 5. The quantitative estimate of drug-likeness (QED) is 0.786. The van der Waals surface area contributed by atoms with Gasteiger partial charge in [-0.25, -0.2) is 4.98 Å². The van der Waals surface area contributed by atoms with E-state index < -0.39 is 5.60 Å². The highest BCUT2D eigenvalue weighted by molar-refractivity contribution is 5.51. The van der Waals surface area contributed by atoms with Crippen LogP contribution in [0.25, 0.3) is 6.08 Å². The minimum Gasteiger partial charge on any atom is -0.379 e. The molecule has 2 heterocycles. The average Bonchev–Trinajstić information content (AvgIpc) is 3.08. The molecule has 3 rings (SSSR count). The van der Waals surface area contributed by atoms with E-state index in [4.69, 9.17) is 0 Å². The van der Waals surface area contributed by atoms with Crippen molar-refractivity contribution < 1.29 is 5.11 Å². The van der Waals surface area contributed by atoms with Gasteiger partial charge in [-0.15, -0.1) is 0 Å². The lowest BCUT2D eigenvalue weighted by molar-refractivity contribution is 0.0701. The lowest BCUT2D eigenvalue weighted by Gasteiger charge is -2.25. The van der Waals surface area contributed by atoms with Gasteiger partial charge in [0.2, 0.25) is 0 Å². The van der Waals surface area contributed by atoms with Crippen molar-refractivity contribution in [1.82, 2.24) is 14.5 Å². The lowest BCUT2D eigenvalue weighted by atomic mass is 9.93. The highest BCUT2D eigenvalue weighted by atomic mass is 16.3. The standard InChI is InChI=1S/C18H17N3O/c22-18(14-21-12-11-20-15-21,17-7-4-10-19-13-17)9-8-16-5-2-1-3-6-16/h1-13,15,22H,14H2. The molecule has 0 aliphatic rings. The van der Waals surface area contributed by atoms with Gasteiger partial charge in [-0.2, -0.15) is 0 Å². The predicted octanol–water partition coefficient (Wildman–Crippen LogP) is 2.88. The van der Waals surface area contributed by atoms with Gasteiger partial charge < -0.3 is 9.67 Å². The van der Waals surface area contributed by atoms with Crippen LogP contribution in [-0.4, -0.2) is 19.6 Å². The third-order valence-electron chi connectivity index (χ3n) is 3.50. The minimum absolute atomic E-state index is 0.377. The van der Waals surface area contributed by atoms with E-state index in [1.54, 1.807) is 31.0 Å². The van der Waals surface area contributed by atoms with Crippen LogP contribution in [-0.2, 0) is 12.1 Å². The van der Waals surface area contributed by atoms with Crippen molar-refractivity contribution in [3.8, 4) is 0 Å². The SMILES string of the molecule is OC(C=Cc1ccccc1)(Cn1ccnc1)c1cccnc1. The van der Waals surface area contributed by atoms with Crippen LogP contribution in [0.2, 0.25) is 0 Å². The summed E-state index contributed by atoms with van der Waals surface area (Å²) in [4.78, 5) is 8.15. The summed E-state index contributed by atoms with van der Waals surface area (Å²) in [6.07, 6.45) is 12.3.